The summed E-state index contributed by atoms with van der Waals surface area (Å²) < 4.78 is 10.9. The quantitative estimate of drug-likeness (QED) is 0.733. The minimum Gasteiger partial charge on any atom is -0.507 e. The molecule has 0 atom stereocenters. The van der Waals surface area contributed by atoms with Crippen LogP contribution in [0.15, 0.2) is 42.5 Å². The van der Waals surface area contributed by atoms with Crippen molar-refractivity contribution in [1.82, 2.24) is 0 Å². The highest BCUT2D eigenvalue weighted by Crippen LogP contribution is 2.27. The minimum absolute atomic E-state index is 0.214. The summed E-state index contributed by atoms with van der Waals surface area (Å²) in [5.41, 5.74) is 1.55. The summed E-state index contributed by atoms with van der Waals surface area (Å²) in [6.07, 6.45) is 6.35. The molecule has 0 heterocycles. The highest BCUT2D eigenvalue weighted by Gasteiger charge is 2.13. The van der Waals surface area contributed by atoms with Gasteiger partial charge in [0.1, 0.15) is 5.75 Å². The van der Waals surface area contributed by atoms with Crippen molar-refractivity contribution in [2.75, 3.05) is 0 Å². The number of rotatable bonds is 1. The zero-order valence-electron chi connectivity index (χ0n) is 8.01. The molecule has 0 unspecified atom stereocenters. The van der Waals surface area contributed by atoms with Crippen LogP contribution in [0.25, 0.3) is 5.57 Å². The van der Waals surface area contributed by atoms with Gasteiger partial charge in [0.2, 0.25) is 0 Å². The van der Waals surface area contributed by atoms with Crippen LogP contribution in [-0.2, 0) is 11.3 Å². The van der Waals surface area contributed by atoms with Crippen molar-refractivity contribution in [2.24, 2.45) is 0 Å². The van der Waals surface area contributed by atoms with Gasteiger partial charge in [0.05, 0.1) is 16.1 Å². The second-order valence-corrected chi connectivity index (χ2v) is 3.90. The smallest absolute Gasteiger partial charge is 0.123 e. The highest BCUT2D eigenvalue weighted by molar-refractivity contribution is 7.67. The van der Waals surface area contributed by atoms with Crippen LogP contribution in [-0.4, -0.2) is 14.2 Å². The fourth-order valence-electron chi connectivity index (χ4n) is 1.56. The van der Waals surface area contributed by atoms with Gasteiger partial charge >= 0.3 is 0 Å². The molecule has 0 saturated heterocycles. The molecule has 0 radical (unpaired) electrons. The Kier molecular flexibility index (Phi) is 2.83. The van der Waals surface area contributed by atoms with E-state index in [0.29, 0.717) is 17.7 Å². The zero-order valence-corrected chi connectivity index (χ0v) is 8.83. The van der Waals surface area contributed by atoms with Crippen LogP contribution in [0.5, 0.6) is 5.75 Å². The maximum Gasteiger partial charge on any atom is 0.123 e. The molecule has 0 amide bonds. The summed E-state index contributed by atoms with van der Waals surface area (Å²) in [6.45, 7) is 0. The van der Waals surface area contributed by atoms with Gasteiger partial charge in [-0.05, 0) is 6.07 Å². The van der Waals surface area contributed by atoms with Crippen LogP contribution in [0.2, 0.25) is 0 Å². The van der Waals surface area contributed by atoms with Gasteiger partial charge in [-0.3, -0.25) is 0 Å². The molecule has 2 nitrogen and oxygen atoms in total. The van der Waals surface area contributed by atoms with E-state index in [0.717, 1.165) is 16.0 Å². The van der Waals surface area contributed by atoms with Crippen molar-refractivity contribution >= 4 is 21.7 Å². The molecule has 1 N–H and O–H groups in total. The van der Waals surface area contributed by atoms with Gasteiger partial charge in [0.25, 0.3) is 0 Å². The number of phenolic OH excluding ortho intramolecular Hbond substituents is 1. The predicted molar refractivity (Wildman–Crippen MR) is 63.0 cm³/mol. The summed E-state index contributed by atoms with van der Waals surface area (Å²) >= 11 is 0.493. The molecule has 1 aliphatic carbocycles. The molecule has 0 aliphatic heterocycles. The fraction of sp³-hybridized carbons (Fsp3) is 0.0833. The first-order valence-electron chi connectivity index (χ1n) is 4.64. The summed E-state index contributed by atoms with van der Waals surface area (Å²) in [6, 6.07) is 7.06. The molecule has 15 heavy (non-hydrogen) atoms. The summed E-state index contributed by atoms with van der Waals surface area (Å²) in [5.74, 6) is 0.214. The number of allylic oxidation sites excluding steroid dienone is 4. The van der Waals surface area contributed by atoms with Gasteiger partial charge in [0.15, 0.2) is 0 Å². The van der Waals surface area contributed by atoms with Crippen molar-refractivity contribution in [1.29, 1.82) is 0 Å². The Morgan fingerprint density at radius 2 is 2.07 bits per heavy atom. The van der Waals surface area contributed by atoms with Crippen LogP contribution in [0.4, 0.5) is 0 Å². The van der Waals surface area contributed by atoms with Gasteiger partial charge in [-0.1, -0.05) is 36.4 Å². The number of phenols is 1. The average molecular weight is 218 g/mol. The standard InChI is InChI=1S/C12H10O2S/c13-11-7-3-1-5-9(11)10-6-2-4-8-12(10)15-14/h1-7,13H,8H2. The monoisotopic (exact) mass is 218 g/mol. The Morgan fingerprint density at radius 3 is 2.80 bits per heavy atom. The van der Waals surface area contributed by atoms with Crippen molar-refractivity contribution < 1.29 is 9.32 Å². The maximum absolute atomic E-state index is 10.9. The van der Waals surface area contributed by atoms with E-state index in [9.17, 15) is 9.32 Å². The molecule has 2 rings (SSSR count). The highest BCUT2D eigenvalue weighted by atomic mass is 32.1. The third-order valence-electron chi connectivity index (χ3n) is 2.30. The van der Waals surface area contributed by atoms with E-state index in [1.807, 2.05) is 30.4 Å². The Balaban J connectivity index is 2.55. The Bertz CT molecular complexity index is 494. The molecule has 76 valence electrons. The van der Waals surface area contributed by atoms with E-state index in [4.69, 9.17) is 0 Å². The lowest BCUT2D eigenvalue weighted by Gasteiger charge is -2.11. The van der Waals surface area contributed by atoms with Crippen LogP contribution in [0.3, 0.4) is 0 Å². The van der Waals surface area contributed by atoms with Gasteiger partial charge < -0.3 is 5.11 Å². The molecule has 0 saturated carbocycles. The molecular weight excluding hydrogens is 208 g/mol. The third kappa shape index (κ3) is 1.92. The molecule has 0 aromatic heterocycles. The van der Waals surface area contributed by atoms with Crippen LogP contribution in [0, 0.1) is 0 Å². The first-order chi connectivity index (χ1) is 7.33. The third-order valence-corrected chi connectivity index (χ3v) is 2.89. The fourth-order valence-corrected chi connectivity index (χ4v) is 1.99. The van der Waals surface area contributed by atoms with Crippen LogP contribution >= 0.6 is 0 Å². The SMILES string of the molecule is O=S=C1CC=CC=C1c1ccccc1O. The Hall–Kier alpha value is -1.61. The van der Waals surface area contributed by atoms with E-state index >= 15 is 0 Å². The van der Waals surface area contributed by atoms with Crippen molar-refractivity contribution in [2.45, 2.75) is 6.42 Å². The zero-order chi connectivity index (χ0) is 10.7. The topological polar surface area (TPSA) is 37.3 Å². The van der Waals surface area contributed by atoms with Crippen molar-refractivity contribution in [3.8, 4) is 5.75 Å². The lowest BCUT2D eigenvalue weighted by Crippen LogP contribution is -2.03. The van der Waals surface area contributed by atoms with E-state index in [-0.39, 0.29) is 5.75 Å². The van der Waals surface area contributed by atoms with Gasteiger partial charge in [-0.25, -0.2) is 4.21 Å². The van der Waals surface area contributed by atoms with E-state index in [2.05, 4.69) is 0 Å². The summed E-state index contributed by atoms with van der Waals surface area (Å²) in [4.78, 5) is 0.749. The molecule has 1 aromatic carbocycles. The second-order valence-electron chi connectivity index (χ2n) is 3.24. The summed E-state index contributed by atoms with van der Waals surface area (Å²) in [7, 11) is 0. The van der Waals surface area contributed by atoms with Crippen molar-refractivity contribution in [3.63, 3.8) is 0 Å². The lowest BCUT2D eigenvalue weighted by atomic mass is 9.96. The lowest BCUT2D eigenvalue weighted by molar-refractivity contribution is 0.474. The van der Waals surface area contributed by atoms with E-state index in [1.165, 1.54) is 0 Å². The number of hydrogen-bond donors (Lipinski definition) is 1. The molecule has 0 bridgehead atoms. The molecule has 0 fully saturated rings. The number of hydrogen-bond acceptors (Lipinski definition) is 2. The maximum atomic E-state index is 10.9. The second kappa shape index (κ2) is 4.28. The molecule has 3 heteroatoms. The number of aromatic hydroxyl groups is 1. The summed E-state index contributed by atoms with van der Waals surface area (Å²) in [5, 5.41) is 9.69. The first kappa shape index (κ1) is 9.93. The van der Waals surface area contributed by atoms with Crippen molar-refractivity contribution in [3.05, 3.63) is 48.1 Å². The van der Waals surface area contributed by atoms with E-state index < -0.39 is 0 Å². The van der Waals surface area contributed by atoms with Gasteiger partial charge in [-0.15, -0.1) is 0 Å². The molecular formula is C12H10O2S. The Labute approximate surface area is 91.6 Å². The molecule has 1 aliphatic rings. The molecule has 0 spiro atoms. The Morgan fingerprint density at radius 1 is 1.27 bits per heavy atom. The van der Waals surface area contributed by atoms with Gasteiger partial charge in [-0.2, -0.15) is 0 Å². The average Bonchev–Trinajstić information content (AvgIpc) is 2.30. The number of benzene rings is 1. The molecule has 1 aromatic rings. The normalized spacial score (nSPS) is 14.9. The first-order valence-corrected chi connectivity index (χ1v) is 5.38. The minimum atomic E-state index is 0.214. The largest absolute Gasteiger partial charge is 0.507 e. The van der Waals surface area contributed by atoms with Crippen LogP contribution in [0.1, 0.15) is 12.0 Å². The van der Waals surface area contributed by atoms with Crippen LogP contribution < -0.4 is 0 Å². The number of para-hydroxylation sites is 1. The van der Waals surface area contributed by atoms with E-state index in [1.54, 1.807) is 12.1 Å². The predicted octanol–water partition coefficient (Wildman–Crippen LogP) is 2.12. The van der Waals surface area contributed by atoms with Gasteiger partial charge in [0, 0.05) is 17.6 Å².